The summed E-state index contributed by atoms with van der Waals surface area (Å²) in [6.45, 7) is 4.62. The van der Waals surface area contributed by atoms with Crippen molar-refractivity contribution in [1.29, 1.82) is 0 Å². The normalized spacial score (nSPS) is 22.1. The zero-order chi connectivity index (χ0) is 19.6. The SMILES string of the molecule is Cc1cc(CN2CCCN(C(=O)C3CCCN3C(=O)C(F)(F)F)CC2)no1. The number of carbonyl (C=O) groups excluding carboxylic acids is 2. The van der Waals surface area contributed by atoms with Gasteiger partial charge in [0.05, 0.1) is 5.69 Å². The Morgan fingerprint density at radius 3 is 2.63 bits per heavy atom. The Bertz CT molecular complexity index is 691. The molecule has 2 aliphatic rings. The second kappa shape index (κ2) is 7.87. The van der Waals surface area contributed by atoms with Gasteiger partial charge in [0.1, 0.15) is 11.8 Å². The average Bonchev–Trinajstić information content (AvgIpc) is 3.17. The zero-order valence-corrected chi connectivity index (χ0v) is 15.2. The molecule has 3 rings (SSSR count). The number of aryl methyl sites for hydroxylation is 1. The molecule has 0 saturated carbocycles. The third kappa shape index (κ3) is 4.60. The van der Waals surface area contributed by atoms with Crippen LogP contribution >= 0.6 is 0 Å². The first-order valence-electron chi connectivity index (χ1n) is 9.07. The highest BCUT2D eigenvalue weighted by Crippen LogP contribution is 2.27. The maximum absolute atomic E-state index is 12.8. The summed E-state index contributed by atoms with van der Waals surface area (Å²) < 4.78 is 43.4. The predicted molar refractivity (Wildman–Crippen MR) is 88.5 cm³/mol. The van der Waals surface area contributed by atoms with Crippen molar-refractivity contribution in [1.82, 2.24) is 19.9 Å². The van der Waals surface area contributed by atoms with Gasteiger partial charge in [0.2, 0.25) is 5.91 Å². The monoisotopic (exact) mass is 388 g/mol. The number of carbonyl (C=O) groups is 2. The number of alkyl halides is 3. The van der Waals surface area contributed by atoms with E-state index in [2.05, 4.69) is 10.1 Å². The molecule has 2 amide bonds. The molecule has 0 aliphatic carbocycles. The molecule has 0 N–H and O–H groups in total. The summed E-state index contributed by atoms with van der Waals surface area (Å²) in [5, 5.41) is 3.96. The van der Waals surface area contributed by atoms with Gasteiger partial charge in [-0.05, 0) is 26.2 Å². The van der Waals surface area contributed by atoms with E-state index in [1.807, 2.05) is 13.0 Å². The number of rotatable bonds is 3. The number of hydrogen-bond donors (Lipinski definition) is 0. The molecule has 0 bridgehead atoms. The molecule has 27 heavy (non-hydrogen) atoms. The minimum atomic E-state index is -4.95. The van der Waals surface area contributed by atoms with Crippen LogP contribution < -0.4 is 0 Å². The first-order valence-corrected chi connectivity index (χ1v) is 9.07. The van der Waals surface area contributed by atoms with Crippen LogP contribution in [0, 0.1) is 6.92 Å². The zero-order valence-electron chi connectivity index (χ0n) is 15.2. The molecule has 2 aliphatic heterocycles. The Morgan fingerprint density at radius 1 is 1.19 bits per heavy atom. The summed E-state index contributed by atoms with van der Waals surface area (Å²) in [7, 11) is 0. The van der Waals surface area contributed by atoms with E-state index >= 15 is 0 Å². The van der Waals surface area contributed by atoms with Crippen molar-refractivity contribution >= 4 is 11.8 Å². The number of halogens is 3. The molecule has 1 unspecified atom stereocenters. The van der Waals surface area contributed by atoms with Crippen molar-refractivity contribution in [3.05, 3.63) is 17.5 Å². The smallest absolute Gasteiger partial charge is 0.361 e. The number of aromatic nitrogens is 1. The summed E-state index contributed by atoms with van der Waals surface area (Å²) in [6, 6.07) is 0.844. The molecule has 1 aromatic heterocycles. The van der Waals surface area contributed by atoms with Gasteiger partial charge < -0.3 is 14.3 Å². The first kappa shape index (κ1) is 19.7. The molecule has 1 atom stereocenters. The van der Waals surface area contributed by atoms with Gasteiger partial charge in [-0.15, -0.1) is 0 Å². The maximum atomic E-state index is 12.8. The highest BCUT2D eigenvalue weighted by molar-refractivity contribution is 5.90. The van der Waals surface area contributed by atoms with E-state index in [9.17, 15) is 22.8 Å². The van der Waals surface area contributed by atoms with Crippen LogP contribution in [0.3, 0.4) is 0 Å². The van der Waals surface area contributed by atoms with E-state index in [4.69, 9.17) is 4.52 Å². The fourth-order valence-electron chi connectivity index (χ4n) is 3.71. The Labute approximate surface area is 155 Å². The Morgan fingerprint density at radius 2 is 1.96 bits per heavy atom. The van der Waals surface area contributed by atoms with E-state index in [1.165, 1.54) is 0 Å². The molecule has 150 valence electrons. The van der Waals surface area contributed by atoms with Crippen LogP contribution in [0.2, 0.25) is 0 Å². The van der Waals surface area contributed by atoms with Crippen LogP contribution in [0.25, 0.3) is 0 Å². The van der Waals surface area contributed by atoms with Crippen LogP contribution in [0.5, 0.6) is 0 Å². The van der Waals surface area contributed by atoms with E-state index in [0.29, 0.717) is 43.9 Å². The van der Waals surface area contributed by atoms with Gasteiger partial charge in [0.25, 0.3) is 0 Å². The van der Waals surface area contributed by atoms with Crippen LogP contribution in [-0.2, 0) is 16.1 Å². The second-order valence-corrected chi connectivity index (χ2v) is 7.04. The first-order chi connectivity index (χ1) is 12.8. The van der Waals surface area contributed by atoms with Crippen LogP contribution in [0.4, 0.5) is 13.2 Å². The molecule has 2 saturated heterocycles. The highest BCUT2D eigenvalue weighted by atomic mass is 19.4. The summed E-state index contributed by atoms with van der Waals surface area (Å²) >= 11 is 0. The maximum Gasteiger partial charge on any atom is 0.471 e. The topological polar surface area (TPSA) is 69.9 Å². The van der Waals surface area contributed by atoms with Gasteiger partial charge in [-0.25, -0.2) is 0 Å². The van der Waals surface area contributed by atoms with Crippen LogP contribution in [0.15, 0.2) is 10.6 Å². The molecular weight excluding hydrogens is 365 g/mol. The standard InChI is InChI=1S/C17H23F3N4O3/c1-12-10-13(21-27-12)11-22-5-3-6-23(9-8-22)15(25)14-4-2-7-24(14)16(26)17(18,19)20/h10,14H,2-9,11H2,1H3. The molecule has 0 radical (unpaired) electrons. The average molecular weight is 388 g/mol. The van der Waals surface area contributed by atoms with Gasteiger partial charge in [0.15, 0.2) is 0 Å². The Balaban J connectivity index is 1.59. The number of nitrogens with zero attached hydrogens (tertiary/aromatic N) is 4. The van der Waals surface area contributed by atoms with E-state index in [-0.39, 0.29) is 18.9 Å². The molecular formula is C17H23F3N4O3. The Hall–Kier alpha value is -2.10. The lowest BCUT2D eigenvalue weighted by Gasteiger charge is -2.30. The lowest BCUT2D eigenvalue weighted by molar-refractivity contribution is -0.187. The Kier molecular flexibility index (Phi) is 5.73. The summed E-state index contributed by atoms with van der Waals surface area (Å²) in [5.41, 5.74) is 0.810. The van der Waals surface area contributed by atoms with Crippen molar-refractivity contribution < 1.29 is 27.3 Å². The second-order valence-electron chi connectivity index (χ2n) is 7.04. The van der Waals surface area contributed by atoms with Crippen LogP contribution in [0.1, 0.15) is 30.7 Å². The molecule has 7 nitrogen and oxygen atoms in total. The van der Waals surface area contributed by atoms with Gasteiger partial charge in [-0.1, -0.05) is 5.16 Å². The largest absolute Gasteiger partial charge is 0.471 e. The quantitative estimate of drug-likeness (QED) is 0.786. The van der Waals surface area contributed by atoms with Crippen molar-refractivity contribution in [3.8, 4) is 0 Å². The lowest BCUT2D eigenvalue weighted by atomic mass is 10.2. The van der Waals surface area contributed by atoms with Gasteiger partial charge in [-0.3, -0.25) is 14.5 Å². The van der Waals surface area contributed by atoms with Gasteiger partial charge in [0, 0.05) is 45.3 Å². The predicted octanol–water partition coefficient (Wildman–Crippen LogP) is 1.57. The lowest BCUT2D eigenvalue weighted by Crippen LogP contribution is -2.51. The summed E-state index contributed by atoms with van der Waals surface area (Å²) in [4.78, 5) is 28.8. The van der Waals surface area contributed by atoms with E-state index in [0.717, 1.165) is 18.0 Å². The van der Waals surface area contributed by atoms with Crippen molar-refractivity contribution in [2.24, 2.45) is 0 Å². The molecule has 3 heterocycles. The molecule has 10 heteroatoms. The highest BCUT2D eigenvalue weighted by Gasteiger charge is 2.48. The van der Waals surface area contributed by atoms with E-state index < -0.39 is 18.1 Å². The van der Waals surface area contributed by atoms with E-state index in [1.54, 1.807) is 4.90 Å². The number of hydrogen-bond acceptors (Lipinski definition) is 5. The number of likely N-dealkylation sites (tertiary alicyclic amines) is 1. The van der Waals surface area contributed by atoms with Crippen molar-refractivity contribution in [2.45, 2.75) is 44.9 Å². The fraction of sp³-hybridized carbons (Fsp3) is 0.706. The summed E-state index contributed by atoms with van der Waals surface area (Å²) in [6.07, 6.45) is -3.56. The molecule has 1 aromatic rings. The molecule has 0 spiro atoms. The number of amides is 2. The third-order valence-electron chi connectivity index (χ3n) is 5.00. The summed E-state index contributed by atoms with van der Waals surface area (Å²) in [5.74, 6) is -1.58. The third-order valence-corrected chi connectivity index (χ3v) is 5.00. The minimum Gasteiger partial charge on any atom is -0.361 e. The van der Waals surface area contributed by atoms with Crippen molar-refractivity contribution in [2.75, 3.05) is 32.7 Å². The molecule has 2 fully saturated rings. The van der Waals surface area contributed by atoms with Crippen LogP contribution in [-0.4, -0.2) is 76.6 Å². The van der Waals surface area contributed by atoms with Crippen molar-refractivity contribution in [3.63, 3.8) is 0 Å². The fourth-order valence-corrected chi connectivity index (χ4v) is 3.71. The van der Waals surface area contributed by atoms with Gasteiger partial charge >= 0.3 is 12.1 Å². The van der Waals surface area contributed by atoms with Gasteiger partial charge in [-0.2, -0.15) is 13.2 Å². The molecule has 0 aromatic carbocycles. The minimum absolute atomic E-state index is 0.0276.